The second-order valence-corrected chi connectivity index (χ2v) is 6.89. The maximum absolute atomic E-state index is 12.3. The summed E-state index contributed by atoms with van der Waals surface area (Å²) in [5.41, 5.74) is 2.59. The van der Waals surface area contributed by atoms with Crippen LogP contribution < -0.4 is 10.6 Å². The predicted molar refractivity (Wildman–Crippen MR) is 96.2 cm³/mol. The number of rotatable bonds is 7. The standard InChI is InChI=1S/C17H23N7O3/c25-13(6-24-2-1-11-4-21-23-15(11)7-24)5-18-17(26)14-3-16(20-10-19-14)22-12-8-27-9-12/h3-4,10,12-13,25H,1-2,5-9H2,(H,18,26)(H,21,23)(H,19,20,22)/t13-/m0/s1. The Balaban J connectivity index is 1.24. The second kappa shape index (κ2) is 7.99. The van der Waals surface area contributed by atoms with E-state index in [1.807, 2.05) is 6.20 Å². The van der Waals surface area contributed by atoms with Crippen molar-refractivity contribution in [3.63, 3.8) is 0 Å². The number of aliphatic hydroxyl groups is 1. The van der Waals surface area contributed by atoms with E-state index < -0.39 is 6.10 Å². The third-order valence-corrected chi connectivity index (χ3v) is 4.74. The van der Waals surface area contributed by atoms with Gasteiger partial charge < -0.3 is 20.5 Å². The van der Waals surface area contributed by atoms with Gasteiger partial charge >= 0.3 is 0 Å². The van der Waals surface area contributed by atoms with E-state index in [1.54, 1.807) is 6.07 Å². The van der Waals surface area contributed by atoms with E-state index in [0.717, 1.165) is 25.2 Å². The van der Waals surface area contributed by atoms with Crippen molar-refractivity contribution in [1.29, 1.82) is 0 Å². The summed E-state index contributed by atoms with van der Waals surface area (Å²) in [6, 6.07) is 1.82. The van der Waals surface area contributed by atoms with Crippen molar-refractivity contribution in [2.75, 3.05) is 38.2 Å². The minimum absolute atomic E-state index is 0.161. The monoisotopic (exact) mass is 373 g/mol. The molecule has 10 nitrogen and oxygen atoms in total. The summed E-state index contributed by atoms with van der Waals surface area (Å²) in [6.07, 6.45) is 3.45. The van der Waals surface area contributed by atoms with Crippen molar-refractivity contribution in [2.24, 2.45) is 0 Å². The number of carbonyl (C=O) groups is 1. The molecule has 0 aliphatic carbocycles. The highest BCUT2D eigenvalue weighted by atomic mass is 16.5. The summed E-state index contributed by atoms with van der Waals surface area (Å²) in [5, 5.41) is 23.2. The number of hydrogen-bond acceptors (Lipinski definition) is 8. The Morgan fingerprint density at radius 2 is 2.33 bits per heavy atom. The number of aliphatic hydroxyl groups excluding tert-OH is 1. The van der Waals surface area contributed by atoms with E-state index >= 15 is 0 Å². The van der Waals surface area contributed by atoms with Gasteiger partial charge in [0.05, 0.1) is 37.3 Å². The van der Waals surface area contributed by atoms with Gasteiger partial charge in [-0.25, -0.2) is 9.97 Å². The summed E-state index contributed by atoms with van der Waals surface area (Å²) in [4.78, 5) is 22.6. The van der Waals surface area contributed by atoms with E-state index in [2.05, 4.69) is 35.7 Å². The van der Waals surface area contributed by atoms with Crippen LogP contribution in [-0.4, -0.2) is 81.1 Å². The van der Waals surface area contributed by atoms with Gasteiger partial charge in [-0.1, -0.05) is 0 Å². The zero-order valence-corrected chi connectivity index (χ0v) is 14.9. The minimum Gasteiger partial charge on any atom is -0.390 e. The number of β-amino-alcohol motifs (C(OH)–C–C–N with tert-alkyl or cyclic N) is 1. The van der Waals surface area contributed by atoms with E-state index in [4.69, 9.17) is 4.74 Å². The number of ether oxygens (including phenoxy) is 1. The number of anilines is 1. The van der Waals surface area contributed by atoms with E-state index in [0.29, 0.717) is 25.6 Å². The van der Waals surface area contributed by atoms with Crippen LogP contribution in [0.5, 0.6) is 0 Å². The van der Waals surface area contributed by atoms with Crippen LogP contribution in [0.2, 0.25) is 0 Å². The molecule has 0 spiro atoms. The van der Waals surface area contributed by atoms with Gasteiger partial charge in [-0.2, -0.15) is 5.10 Å². The molecule has 0 bridgehead atoms. The molecule has 2 aromatic rings. The molecule has 1 fully saturated rings. The zero-order valence-electron chi connectivity index (χ0n) is 14.9. The molecule has 2 aliphatic heterocycles. The molecule has 1 saturated heterocycles. The predicted octanol–water partition coefficient (Wildman–Crippen LogP) is -0.841. The van der Waals surface area contributed by atoms with Crippen LogP contribution in [0, 0.1) is 0 Å². The summed E-state index contributed by atoms with van der Waals surface area (Å²) < 4.78 is 5.10. The number of aromatic nitrogens is 4. The first kappa shape index (κ1) is 17.8. The van der Waals surface area contributed by atoms with Gasteiger partial charge in [-0.3, -0.25) is 14.8 Å². The third kappa shape index (κ3) is 4.41. The van der Waals surface area contributed by atoms with E-state index in [1.165, 1.54) is 11.9 Å². The number of aromatic amines is 1. The molecule has 1 amide bonds. The van der Waals surface area contributed by atoms with Crippen LogP contribution in [-0.2, 0) is 17.7 Å². The molecule has 27 heavy (non-hydrogen) atoms. The number of amides is 1. The Hall–Kier alpha value is -2.56. The molecule has 4 N–H and O–H groups in total. The quantitative estimate of drug-likeness (QED) is 0.495. The van der Waals surface area contributed by atoms with Gasteiger partial charge in [-0.05, 0) is 12.0 Å². The maximum atomic E-state index is 12.3. The van der Waals surface area contributed by atoms with Crippen molar-refractivity contribution >= 4 is 11.7 Å². The van der Waals surface area contributed by atoms with Crippen molar-refractivity contribution in [2.45, 2.75) is 25.1 Å². The van der Waals surface area contributed by atoms with Crippen LogP contribution in [0.1, 0.15) is 21.7 Å². The Labute approximate surface area is 156 Å². The average molecular weight is 373 g/mol. The number of hydrogen-bond donors (Lipinski definition) is 4. The molecule has 144 valence electrons. The molecule has 10 heteroatoms. The SMILES string of the molecule is O=C(NC[C@H](O)CN1CCc2cn[nH]c2C1)c1cc(NC2COC2)ncn1. The van der Waals surface area contributed by atoms with Crippen LogP contribution >= 0.6 is 0 Å². The van der Waals surface area contributed by atoms with Gasteiger partial charge in [0.15, 0.2) is 0 Å². The minimum atomic E-state index is -0.662. The lowest BCUT2D eigenvalue weighted by Crippen LogP contribution is -2.42. The smallest absolute Gasteiger partial charge is 0.270 e. The Bertz CT molecular complexity index is 792. The summed E-state index contributed by atoms with van der Waals surface area (Å²) in [7, 11) is 0. The molecule has 0 saturated carbocycles. The normalized spacial score (nSPS) is 18.4. The van der Waals surface area contributed by atoms with Gasteiger partial charge in [0, 0.05) is 32.2 Å². The fourth-order valence-corrected chi connectivity index (χ4v) is 3.18. The average Bonchev–Trinajstić information content (AvgIpc) is 3.11. The Kier molecular flexibility index (Phi) is 5.28. The first-order valence-corrected chi connectivity index (χ1v) is 9.03. The molecular formula is C17H23N7O3. The lowest BCUT2D eigenvalue weighted by molar-refractivity contribution is 0.0209. The molecule has 2 aliphatic rings. The molecule has 4 heterocycles. The maximum Gasteiger partial charge on any atom is 0.270 e. The third-order valence-electron chi connectivity index (χ3n) is 4.74. The van der Waals surface area contributed by atoms with Crippen molar-refractivity contribution < 1.29 is 14.6 Å². The van der Waals surface area contributed by atoms with Crippen molar-refractivity contribution in [3.8, 4) is 0 Å². The van der Waals surface area contributed by atoms with Crippen LogP contribution in [0.15, 0.2) is 18.6 Å². The highest BCUT2D eigenvalue weighted by Crippen LogP contribution is 2.16. The van der Waals surface area contributed by atoms with Crippen LogP contribution in [0.3, 0.4) is 0 Å². The van der Waals surface area contributed by atoms with Gasteiger partial charge in [0.2, 0.25) is 0 Å². The lowest BCUT2D eigenvalue weighted by atomic mass is 10.1. The Morgan fingerprint density at radius 3 is 3.15 bits per heavy atom. The van der Waals surface area contributed by atoms with Crippen LogP contribution in [0.4, 0.5) is 5.82 Å². The fourth-order valence-electron chi connectivity index (χ4n) is 3.18. The van der Waals surface area contributed by atoms with Gasteiger partial charge in [0.25, 0.3) is 5.91 Å². The summed E-state index contributed by atoms with van der Waals surface area (Å²) >= 11 is 0. The van der Waals surface area contributed by atoms with Crippen molar-refractivity contribution in [1.82, 2.24) is 30.4 Å². The first-order chi connectivity index (χ1) is 13.2. The van der Waals surface area contributed by atoms with E-state index in [9.17, 15) is 9.90 Å². The van der Waals surface area contributed by atoms with Crippen molar-refractivity contribution in [3.05, 3.63) is 35.5 Å². The summed E-state index contributed by atoms with van der Waals surface area (Å²) in [6.45, 7) is 3.50. The topological polar surface area (TPSA) is 128 Å². The number of nitrogens with one attached hydrogen (secondary N) is 3. The molecule has 0 aromatic carbocycles. The first-order valence-electron chi connectivity index (χ1n) is 9.03. The highest BCUT2D eigenvalue weighted by molar-refractivity contribution is 5.92. The second-order valence-electron chi connectivity index (χ2n) is 6.89. The number of H-pyrrole nitrogens is 1. The summed E-state index contributed by atoms with van der Waals surface area (Å²) in [5.74, 6) is 0.256. The molecule has 0 unspecified atom stereocenters. The van der Waals surface area contributed by atoms with Crippen LogP contribution in [0.25, 0.3) is 0 Å². The number of nitrogens with zero attached hydrogens (tertiary/aromatic N) is 4. The molecule has 1 atom stereocenters. The van der Waals surface area contributed by atoms with Gasteiger partial charge in [0.1, 0.15) is 17.8 Å². The molecule has 0 radical (unpaired) electrons. The zero-order chi connectivity index (χ0) is 18.6. The molecular weight excluding hydrogens is 350 g/mol. The Morgan fingerprint density at radius 1 is 1.44 bits per heavy atom. The lowest BCUT2D eigenvalue weighted by Gasteiger charge is -2.28. The highest BCUT2D eigenvalue weighted by Gasteiger charge is 2.21. The fraction of sp³-hybridized carbons (Fsp3) is 0.529. The largest absolute Gasteiger partial charge is 0.390 e. The molecule has 4 rings (SSSR count). The molecule has 2 aromatic heterocycles. The van der Waals surface area contributed by atoms with Gasteiger partial charge in [-0.15, -0.1) is 0 Å². The number of carbonyl (C=O) groups excluding carboxylic acids is 1. The van der Waals surface area contributed by atoms with E-state index in [-0.39, 0.29) is 24.2 Å². The number of fused-ring (bicyclic) bond motifs is 1.